The van der Waals surface area contributed by atoms with Gasteiger partial charge in [-0.2, -0.15) is 0 Å². The maximum absolute atomic E-state index is 4.51. The summed E-state index contributed by atoms with van der Waals surface area (Å²) in [6.07, 6.45) is 9.45. The summed E-state index contributed by atoms with van der Waals surface area (Å²) in [5.41, 5.74) is 1.23. The third-order valence-corrected chi connectivity index (χ3v) is 2.89. The van der Waals surface area contributed by atoms with Crippen molar-refractivity contribution >= 4 is 13.0 Å². The second-order valence-electron chi connectivity index (χ2n) is 3.99. The topological polar surface area (TPSA) is 12.4 Å². The number of aliphatic imine (C=N–C) groups is 1. The molecule has 2 unspecified atom stereocenters. The van der Waals surface area contributed by atoms with E-state index < -0.39 is 0 Å². The van der Waals surface area contributed by atoms with Crippen LogP contribution < -0.4 is 0 Å². The minimum Gasteiger partial charge on any atom is -0.286 e. The lowest BCUT2D eigenvalue weighted by Gasteiger charge is -2.17. The fourth-order valence-corrected chi connectivity index (χ4v) is 1.51. The van der Waals surface area contributed by atoms with Crippen molar-refractivity contribution in [1.82, 2.24) is 0 Å². The van der Waals surface area contributed by atoms with Crippen LogP contribution in [-0.2, 0) is 0 Å². The maximum Gasteiger partial charge on any atom is 0.110 e. The highest BCUT2D eigenvalue weighted by Gasteiger charge is 2.12. The molecule has 0 saturated heterocycles. The molecule has 2 heteroatoms. The Hall–Kier alpha value is -0.785. The standard InChI is InChI=1S/C12H19BN/c1-10(11(2)13-3)9-12-7-5-4-6-8-14-12/h4-7,10-11H,8-9H2,1-3H3. The summed E-state index contributed by atoms with van der Waals surface area (Å²) < 4.78 is 0. The normalized spacial score (nSPS) is 19.8. The van der Waals surface area contributed by atoms with Crippen LogP contribution in [0.5, 0.6) is 0 Å². The van der Waals surface area contributed by atoms with Gasteiger partial charge in [-0.15, -0.1) is 0 Å². The smallest absolute Gasteiger partial charge is 0.110 e. The van der Waals surface area contributed by atoms with Gasteiger partial charge in [-0.25, -0.2) is 0 Å². The molecule has 0 spiro atoms. The lowest BCUT2D eigenvalue weighted by Crippen LogP contribution is -2.11. The fourth-order valence-electron chi connectivity index (χ4n) is 1.51. The molecule has 75 valence electrons. The Kier molecular flexibility index (Phi) is 4.71. The lowest BCUT2D eigenvalue weighted by molar-refractivity contribution is 0.582. The highest BCUT2D eigenvalue weighted by atomic mass is 14.7. The van der Waals surface area contributed by atoms with Crippen molar-refractivity contribution in [2.45, 2.75) is 32.9 Å². The first kappa shape index (κ1) is 11.3. The van der Waals surface area contributed by atoms with Gasteiger partial charge in [-0.05, 0) is 18.4 Å². The number of hydrogen-bond acceptors (Lipinski definition) is 1. The van der Waals surface area contributed by atoms with E-state index >= 15 is 0 Å². The van der Waals surface area contributed by atoms with Gasteiger partial charge in [-0.1, -0.05) is 44.7 Å². The van der Waals surface area contributed by atoms with E-state index in [4.69, 9.17) is 0 Å². The molecular formula is C12H19BN. The Bertz CT molecular complexity index is 253. The zero-order valence-electron chi connectivity index (χ0n) is 9.40. The van der Waals surface area contributed by atoms with Crippen molar-refractivity contribution in [3.8, 4) is 0 Å². The van der Waals surface area contributed by atoms with E-state index in [-0.39, 0.29) is 0 Å². The molecule has 0 aromatic heterocycles. The summed E-state index contributed by atoms with van der Waals surface area (Å²) in [4.78, 5) is 4.51. The van der Waals surface area contributed by atoms with E-state index in [9.17, 15) is 0 Å². The van der Waals surface area contributed by atoms with Crippen molar-refractivity contribution < 1.29 is 0 Å². The van der Waals surface area contributed by atoms with Gasteiger partial charge in [0, 0.05) is 5.71 Å². The molecule has 1 aliphatic heterocycles. The Morgan fingerprint density at radius 2 is 2.21 bits per heavy atom. The summed E-state index contributed by atoms with van der Waals surface area (Å²) in [5.74, 6) is 1.35. The number of allylic oxidation sites excluding steroid dienone is 3. The largest absolute Gasteiger partial charge is 0.286 e. The van der Waals surface area contributed by atoms with Gasteiger partial charge in [0.25, 0.3) is 0 Å². The highest BCUT2D eigenvalue weighted by molar-refractivity contribution is 6.35. The maximum atomic E-state index is 4.51. The van der Waals surface area contributed by atoms with Crippen molar-refractivity contribution in [3.63, 3.8) is 0 Å². The van der Waals surface area contributed by atoms with E-state index in [0.717, 1.165) is 13.0 Å². The quantitative estimate of drug-likeness (QED) is 0.601. The molecule has 0 aromatic rings. The number of hydrogen-bond donors (Lipinski definition) is 0. The second-order valence-corrected chi connectivity index (χ2v) is 3.99. The molecule has 1 heterocycles. The Balaban J connectivity index is 2.47. The third kappa shape index (κ3) is 3.53. The molecule has 1 nitrogen and oxygen atoms in total. The van der Waals surface area contributed by atoms with E-state index in [1.54, 1.807) is 0 Å². The van der Waals surface area contributed by atoms with Crippen LogP contribution in [0, 0.1) is 5.92 Å². The first-order valence-corrected chi connectivity index (χ1v) is 5.40. The van der Waals surface area contributed by atoms with Crippen LogP contribution in [0.3, 0.4) is 0 Å². The molecule has 2 atom stereocenters. The average molecular weight is 188 g/mol. The van der Waals surface area contributed by atoms with E-state index in [2.05, 4.69) is 57.2 Å². The molecule has 0 aromatic carbocycles. The van der Waals surface area contributed by atoms with Gasteiger partial charge < -0.3 is 0 Å². The van der Waals surface area contributed by atoms with Crippen LogP contribution in [0.4, 0.5) is 0 Å². The summed E-state index contributed by atoms with van der Waals surface area (Å²) in [6, 6.07) is 0. The summed E-state index contributed by atoms with van der Waals surface area (Å²) >= 11 is 0. The third-order valence-electron chi connectivity index (χ3n) is 2.89. The highest BCUT2D eigenvalue weighted by Crippen LogP contribution is 2.20. The van der Waals surface area contributed by atoms with Crippen molar-refractivity contribution in [2.75, 3.05) is 6.54 Å². The number of rotatable bonds is 4. The molecular weight excluding hydrogens is 169 g/mol. The first-order valence-electron chi connectivity index (χ1n) is 5.40. The average Bonchev–Trinajstić information content (AvgIpc) is 2.45. The van der Waals surface area contributed by atoms with E-state index in [0.29, 0.717) is 11.7 Å². The van der Waals surface area contributed by atoms with Crippen LogP contribution in [0.2, 0.25) is 12.6 Å². The SMILES string of the molecule is C[B]C(C)C(C)CC1=NCC=CC=C1. The first-order chi connectivity index (χ1) is 6.74. The van der Waals surface area contributed by atoms with Crippen LogP contribution in [-0.4, -0.2) is 19.5 Å². The zero-order valence-corrected chi connectivity index (χ0v) is 9.40. The van der Waals surface area contributed by atoms with Crippen molar-refractivity contribution in [1.29, 1.82) is 0 Å². The van der Waals surface area contributed by atoms with E-state index in [1.807, 2.05) is 0 Å². The Morgan fingerprint density at radius 3 is 2.93 bits per heavy atom. The van der Waals surface area contributed by atoms with Gasteiger partial charge in [0.2, 0.25) is 0 Å². The molecule has 0 saturated carbocycles. The lowest BCUT2D eigenvalue weighted by atomic mass is 9.62. The minimum atomic E-state index is 0.669. The van der Waals surface area contributed by atoms with Crippen LogP contribution >= 0.6 is 0 Å². The van der Waals surface area contributed by atoms with Crippen LogP contribution in [0.25, 0.3) is 0 Å². The van der Waals surface area contributed by atoms with Gasteiger partial charge in [-0.3, -0.25) is 4.99 Å². The molecule has 0 N–H and O–H groups in total. The summed E-state index contributed by atoms with van der Waals surface area (Å²) in [7, 11) is 2.27. The predicted octanol–water partition coefficient (Wildman–Crippen LogP) is 3.14. The van der Waals surface area contributed by atoms with Gasteiger partial charge in [0.15, 0.2) is 0 Å². The van der Waals surface area contributed by atoms with Crippen molar-refractivity contribution in [3.05, 3.63) is 24.3 Å². The molecule has 1 rings (SSSR count). The summed E-state index contributed by atoms with van der Waals surface area (Å²) in [5, 5.41) is 0. The Morgan fingerprint density at radius 1 is 1.43 bits per heavy atom. The predicted molar refractivity (Wildman–Crippen MR) is 65.4 cm³/mol. The molecule has 1 aliphatic rings. The zero-order chi connectivity index (χ0) is 10.4. The molecule has 0 aliphatic carbocycles. The minimum absolute atomic E-state index is 0.669. The fraction of sp³-hybridized carbons (Fsp3) is 0.583. The van der Waals surface area contributed by atoms with Gasteiger partial charge in [0.05, 0.1) is 6.54 Å². The molecule has 0 amide bonds. The second kappa shape index (κ2) is 5.84. The monoisotopic (exact) mass is 188 g/mol. The Labute approximate surface area is 88.3 Å². The van der Waals surface area contributed by atoms with E-state index in [1.165, 1.54) is 5.71 Å². The molecule has 1 radical (unpaired) electrons. The summed E-state index contributed by atoms with van der Waals surface area (Å²) in [6.45, 7) is 7.52. The molecule has 14 heavy (non-hydrogen) atoms. The van der Waals surface area contributed by atoms with Crippen LogP contribution in [0.15, 0.2) is 29.3 Å². The van der Waals surface area contributed by atoms with Crippen LogP contribution in [0.1, 0.15) is 20.3 Å². The molecule has 0 fully saturated rings. The molecule has 0 bridgehead atoms. The number of nitrogens with zero attached hydrogens (tertiary/aromatic N) is 1. The van der Waals surface area contributed by atoms with Gasteiger partial charge >= 0.3 is 0 Å². The van der Waals surface area contributed by atoms with Gasteiger partial charge in [0.1, 0.15) is 7.28 Å². The van der Waals surface area contributed by atoms with Crippen molar-refractivity contribution in [2.24, 2.45) is 10.9 Å².